The molecule has 2 aromatic carbocycles. The summed E-state index contributed by atoms with van der Waals surface area (Å²) in [4.78, 5) is 24.2. The normalized spacial score (nSPS) is 14.4. The quantitative estimate of drug-likeness (QED) is 0.473. The molecule has 4 rings (SSSR count). The zero-order valence-corrected chi connectivity index (χ0v) is 20.3. The Morgan fingerprint density at radius 3 is 2.30 bits per heavy atom. The molecule has 8 nitrogen and oxygen atoms in total. The summed E-state index contributed by atoms with van der Waals surface area (Å²) < 4.78 is 39.0. The predicted molar refractivity (Wildman–Crippen MR) is 132 cm³/mol. The van der Waals surface area contributed by atoms with Crippen LogP contribution in [0.25, 0.3) is 0 Å². The number of carbonyl (C=O) groups excluding carboxylic acids is 1. The Hall–Kier alpha value is -3.86. The van der Waals surface area contributed by atoms with E-state index in [1.807, 2.05) is 22.9 Å². The van der Waals surface area contributed by atoms with Crippen LogP contribution in [0.4, 0.5) is 19.0 Å². The van der Waals surface area contributed by atoms with Crippen molar-refractivity contribution in [2.75, 3.05) is 32.1 Å². The topological polar surface area (TPSA) is 96.7 Å². The van der Waals surface area contributed by atoms with Crippen molar-refractivity contribution in [3.8, 4) is 5.75 Å². The number of nitrogens with one attached hydrogen (secondary N) is 1. The third-order valence-electron chi connectivity index (χ3n) is 5.97. The number of halogens is 3. The van der Waals surface area contributed by atoms with E-state index in [0.29, 0.717) is 17.4 Å². The maximum atomic E-state index is 12.8. The summed E-state index contributed by atoms with van der Waals surface area (Å²) in [5.41, 5.74) is 1.90. The number of aromatic nitrogens is 2. The SMILES string of the molecule is COc1ccccc1C(=O)Nc1ccnn1C1CCN(CCc2ccccc2)CC1.O=C(O)C(F)(F)F. The third-order valence-corrected chi connectivity index (χ3v) is 5.97. The number of amides is 1. The summed E-state index contributed by atoms with van der Waals surface area (Å²) in [6, 6.07) is 20.0. The Labute approximate surface area is 212 Å². The number of benzene rings is 2. The second kappa shape index (κ2) is 12.9. The molecule has 1 amide bonds. The first kappa shape index (κ1) is 27.7. The van der Waals surface area contributed by atoms with Crippen LogP contribution in [0.2, 0.25) is 0 Å². The molecule has 37 heavy (non-hydrogen) atoms. The van der Waals surface area contributed by atoms with Crippen molar-refractivity contribution in [2.24, 2.45) is 0 Å². The number of anilines is 1. The molecule has 0 radical (unpaired) electrons. The van der Waals surface area contributed by atoms with Gasteiger partial charge in [-0.25, -0.2) is 9.48 Å². The van der Waals surface area contributed by atoms with Gasteiger partial charge in [0.2, 0.25) is 0 Å². The van der Waals surface area contributed by atoms with Gasteiger partial charge in [0.1, 0.15) is 11.6 Å². The lowest BCUT2D eigenvalue weighted by Crippen LogP contribution is -2.36. The van der Waals surface area contributed by atoms with E-state index < -0.39 is 12.1 Å². The minimum atomic E-state index is -5.08. The van der Waals surface area contributed by atoms with Gasteiger partial charge in [-0.15, -0.1) is 0 Å². The van der Waals surface area contributed by atoms with E-state index in [9.17, 15) is 18.0 Å². The van der Waals surface area contributed by atoms with E-state index in [1.54, 1.807) is 25.4 Å². The van der Waals surface area contributed by atoms with Gasteiger partial charge in [-0.2, -0.15) is 18.3 Å². The summed E-state index contributed by atoms with van der Waals surface area (Å²) in [5.74, 6) is -1.65. The first-order valence-electron chi connectivity index (χ1n) is 11.7. The van der Waals surface area contributed by atoms with E-state index in [4.69, 9.17) is 14.6 Å². The first-order chi connectivity index (χ1) is 17.7. The monoisotopic (exact) mass is 518 g/mol. The van der Waals surface area contributed by atoms with Crippen molar-refractivity contribution in [2.45, 2.75) is 31.5 Å². The number of nitrogens with zero attached hydrogens (tertiary/aromatic N) is 3. The summed E-state index contributed by atoms with van der Waals surface area (Å²) in [6.45, 7) is 3.15. The number of carboxylic acid groups (broad SMARTS) is 1. The fourth-order valence-electron chi connectivity index (χ4n) is 4.04. The van der Waals surface area contributed by atoms with Gasteiger partial charge >= 0.3 is 12.1 Å². The number of aliphatic carboxylic acids is 1. The number of para-hydroxylation sites is 1. The standard InChI is InChI=1S/C24H28N4O2.C2HF3O2/c1-30-22-10-6-5-9-21(22)24(29)26-23-11-15-25-28(23)20-13-17-27(18-14-20)16-12-19-7-3-2-4-8-19;3-2(4,5)1(6)7/h2-11,15,20H,12-14,16-18H2,1H3,(H,26,29);(H,6,7). The zero-order chi connectivity index (χ0) is 26.8. The number of rotatable bonds is 7. The molecule has 0 aliphatic carbocycles. The van der Waals surface area contributed by atoms with Crippen LogP contribution in [0.1, 0.15) is 34.8 Å². The number of carboxylic acids is 1. The summed E-state index contributed by atoms with van der Waals surface area (Å²) in [5, 5.41) is 14.6. The third kappa shape index (κ3) is 8.07. The Balaban J connectivity index is 0.000000479. The van der Waals surface area contributed by atoms with Gasteiger partial charge in [0.25, 0.3) is 5.91 Å². The number of piperidine rings is 1. The number of ether oxygens (including phenoxy) is 1. The molecule has 0 spiro atoms. The average molecular weight is 519 g/mol. The van der Waals surface area contributed by atoms with E-state index in [0.717, 1.165) is 44.7 Å². The smallest absolute Gasteiger partial charge is 0.490 e. The number of carbonyl (C=O) groups is 2. The molecule has 198 valence electrons. The molecule has 11 heteroatoms. The molecule has 0 unspecified atom stereocenters. The molecule has 0 saturated carbocycles. The van der Waals surface area contributed by atoms with Gasteiger partial charge in [-0.1, -0.05) is 42.5 Å². The van der Waals surface area contributed by atoms with Gasteiger partial charge in [-0.05, 0) is 37.0 Å². The number of likely N-dealkylation sites (tertiary alicyclic amines) is 1. The maximum Gasteiger partial charge on any atom is 0.490 e. The largest absolute Gasteiger partial charge is 0.496 e. The van der Waals surface area contributed by atoms with Gasteiger partial charge in [0.15, 0.2) is 0 Å². The van der Waals surface area contributed by atoms with E-state index >= 15 is 0 Å². The maximum absolute atomic E-state index is 12.8. The molecule has 2 heterocycles. The summed E-state index contributed by atoms with van der Waals surface area (Å²) in [6.07, 6.45) is -0.213. The number of alkyl halides is 3. The lowest BCUT2D eigenvalue weighted by Gasteiger charge is -2.32. The Morgan fingerprint density at radius 2 is 1.68 bits per heavy atom. The first-order valence-corrected chi connectivity index (χ1v) is 11.7. The van der Waals surface area contributed by atoms with E-state index in [-0.39, 0.29) is 5.91 Å². The van der Waals surface area contributed by atoms with Crippen molar-refractivity contribution >= 4 is 17.7 Å². The second-order valence-corrected chi connectivity index (χ2v) is 8.43. The molecule has 1 fully saturated rings. The molecule has 2 N–H and O–H groups in total. The molecule has 1 aliphatic heterocycles. The molecule has 3 aromatic rings. The van der Waals surface area contributed by atoms with Crippen molar-refractivity contribution in [1.29, 1.82) is 0 Å². The minimum Gasteiger partial charge on any atom is -0.496 e. The van der Waals surface area contributed by atoms with E-state index in [1.165, 1.54) is 5.56 Å². The van der Waals surface area contributed by atoms with E-state index in [2.05, 4.69) is 45.6 Å². The van der Waals surface area contributed by atoms with Gasteiger partial charge in [0, 0.05) is 25.7 Å². The van der Waals surface area contributed by atoms with Crippen LogP contribution in [0.3, 0.4) is 0 Å². The fraction of sp³-hybridized carbons (Fsp3) is 0.346. The van der Waals surface area contributed by atoms with Gasteiger partial charge in [0.05, 0.1) is 24.9 Å². The Kier molecular flexibility index (Phi) is 9.67. The van der Waals surface area contributed by atoms with Gasteiger partial charge < -0.3 is 20.1 Å². The highest BCUT2D eigenvalue weighted by molar-refractivity contribution is 6.05. The van der Waals surface area contributed by atoms with Gasteiger partial charge in [-0.3, -0.25) is 4.79 Å². The highest BCUT2D eigenvalue weighted by Crippen LogP contribution is 2.26. The molecule has 0 atom stereocenters. The van der Waals surface area contributed by atoms with Crippen LogP contribution in [0, 0.1) is 0 Å². The highest BCUT2D eigenvalue weighted by Gasteiger charge is 2.38. The molecule has 1 aliphatic rings. The molecule has 1 aromatic heterocycles. The predicted octanol–water partition coefficient (Wildman–Crippen LogP) is 4.66. The van der Waals surface area contributed by atoms with Crippen LogP contribution in [0.15, 0.2) is 66.9 Å². The summed E-state index contributed by atoms with van der Waals surface area (Å²) in [7, 11) is 1.57. The molecule has 1 saturated heterocycles. The van der Waals surface area contributed by atoms with Crippen LogP contribution in [-0.2, 0) is 11.2 Å². The lowest BCUT2D eigenvalue weighted by atomic mass is 10.0. The average Bonchev–Trinajstić information content (AvgIpc) is 3.36. The van der Waals surface area contributed by atoms with Crippen LogP contribution in [0.5, 0.6) is 5.75 Å². The van der Waals surface area contributed by atoms with Crippen LogP contribution < -0.4 is 10.1 Å². The Morgan fingerprint density at radius 1 is 1.05 bits per heavy atom. The molecular formula is C26H29F3N4O4. The zero-order valence-electron chi connectivity index (χ0n) is 20.3. The molecular weight excluding hydrogens is 489 g/mol. The van der Waals surface area contributed by atoms with Crippen LogP contribution >= 0.6 is 0 Å². The lowest BCUT2D eigenvalue weighted by molar-refractivity contribution is -0.192. The highest BCUT2D eigenvalue weighted by atomic mass is 19.4. The van der Waals surface area contributed by atoms with Crippen molar-refractivity contribution < 1.29 is 32.6 Å². The van der Waals surface area contributed by atoms with Crippen LogP contribution in [-0.4, -0.2) is 64.6 Å². The summed E-state index contributed by atoms with van der Waals surface area (Å²) >= 11 is 0. The Bertz CT molecular complexity index is 1160. The minimum absolute atomic E-state index is 0.186. The van der Waals surface area contributed by atoms with Crippen molar-refractivity contribution in [1.82, 2.24) is 14.7 Å². The van der Waals surface area contributed by atoms with Crippen molar-refractivity contribution in [3.05, 3.63) is 78.0 Å². The number of hydrogen-bond acceptors (Lipinski definition) is 5. The fourth-order valence-corrected chi connectivity index (χ4v) is 4.04. The molecule has 0 bridgehead atoms. The van der Waals surface area contributed by atoms with Crippen molar-refractivity contribution in [3.63, 3.8) is 0 Å². The second-order valence-electron chi connectivity index (χ2n) is 8.43. The number of hydrogen-bond donors (Lipinski definition) is 2. The number of methoxy groups -OCH3 is 1.